The molecule has 1 amide bonds. The summed E-state index contributed by atoms with van der Waals surface area (Å²) in [6, 6.07) is 10.8. The van der Waals surface area contributed by atoms with Crippen molar-refractivity contribution in [2.75, 3.05) is 43.0 Å². The van der Waals surface area contributed by atoms with Crippen LogP contribution in [0.15, 0.2) is 47.4 Å². The Morgan fingerprint density at radius 2 is 1.76 bits per heavy atom. The first-order valence-electron chi connectivity index (χ1n) is 10.8. The zero-order chi connectivity index (χ0) is 24.0. The molecular weight excluding hydrogens is 448 g/mol. The van der Waals surface area contributed by atoms with E-state index in [9.17, 15) is 23.3 Å². The van der Waals surface area contributed by atoms with Gasteiger partial charge in [0.2, 0.25) is 10.0 Å². The Morgan fingerprint density at radius 1 is 1.12 bits per heavy atom. The van der Waals surface area contributed by atoms with Crippen LogP contribution in [-0.2, 0) is 14.8 Å². The molecule has 0 aromatic heterocycles. The Balaban J connectivity index is 1.66. The van der Waals surface area contributed by atoms with Crippen LogP contribution in [0.25, 0.3) is 0 Å². The number of benzene rings is 2. The molecule has 11 heteroatoms. The van der Waals surface area contributed by atoms with Crippen LogP contribution in [-0.4, -0.2) is 56.3 Å². The summed E-state index contributed by atoms with van der Waals surface area (Å²) < 4.78 is 32.0. The fourth-order valence-electron chi connectivity index (χ4n) is 3.68. The molecule has 33 heavy (non-hydrogen) atoms. The number of anilines is 2. The number of carbonyl (C=O) groups excluding carboxylic acids is 1. The molecule has 0 atom stereocenters. The van der Waals surface area contributed by atoms with Gasteiger partial charge in [-0.1, -0.05) is 0 Å². The second-order valence-corrected chi connectivity index (χ2v) is 9.49. The Bertz CT molecular complexity index is 1090. The van der Waals surface area contributed by atoms with Crippen molar-refractivity contribution in [3.63, 3.8) is 0 Å². The number of carbonyl (C=O) groups is 1. The fourth-order valence-corrected chi connectivity index (χ4v) is 5.22. The highest BCUT2D eigenvalue weighted by Crippen LogP contribution is 2.31. The summed E-state index contributed by atoms with van der Waals surface area (Å²) in [6.45, 7) is 6.18. The van der Waals surface area contributed by atoms with Gasteiger partial charge in [-0.15, -0.1) is 0 Å². The van der Waals surface area contributed by atoms with Gasteiger partial charge in [0.1, 0.15) is 0 Å². The molecule has 0 radical (unpaired) electrons. The van der Waals surface area contributed by atoms with Crippen LogP contribution in [0, 0.1) is 10.1 Å². The molecule has 0 aliphatic carbocycles. The first-order chi connectivity index (χ1) is 15.8. The highest BCUT2D eigenvalue weighted by atomic mass is 32.2. The quantitative estimate of drug-likeness (QED) is 0.413. The molecule has 1 aliphatic rings. The number of sulfonamides is 1. The van der Waals surface area contributed by atoms with Crippen LogP contribution in [0.1, 0.15) is 26.7 Å². The number of nitro benzene ring substituents is 1. The van der Waals surface area contributed by atoms with Crippen molar-refractivity contribution in [1.29, 1.82) is 0 Å². The Kier molecular flexibility index (Phi) is 7.88. The van der Waals surface area contributed by atoms with Gasteiger partial charge in [0.05, 0.1) is 9.82 Å². The minimum Gasteiger partial charge on any atom is -0.477 e. The normalized spacial score (nSPS) is 14.1. The third-order valence-electron chi connectivity index (χ3n) is 5.47. The van der Waals surface area contributed by atoms with Crippen molar-refractivity contribution in [3.8, 4) is 5.75 Å². The van der Waals surface area contributed by atoms with Gasteiger partial charge in [-0.3, -0.25) is 14.9 Å². The SMILES string of the molecule is CCN(CC)c1ccc(NC(=O)COc2ccc(S(=O)(=O)N3CCCC3)cc2[N+](=O)[O-])cc1. The van der Waals surface area contributed by atoms with E-state index < -0.39 is 33.1 Å². The Morgan fingerprint density at radius 3 is 2.33 bits per heavy atom. The van der Waals surface area contributed by atoms with Crippen molar-refractivity contribution in [2.24, 2.45) is 0 Å². The number of rotatable bonds is 10. The molecule has 2 aromatic carbocycles. The zero-order valence-corrected chi connectivity index (χ0v) is 19.5. The average Bonchev–Trinajstić information content (AvgIpc) is 3.35. The van der Waals surface area contributed by atoms with Gasteiger partial charge in [0.15, 0.2) is 12.4 Å². The number of nitrogens with one attached hydrogen (secondary N) is 1. The van der Waals surface area contributed by atoms with E-state index >= 15 is 0 Å². The van der Waals surface area contributed by atoms with Crippen molar-refractivity contribution >= 4 is 33.0 Å². The van der Waals surface area contributed by atoms with E-state index in [1.807, 2.05) is 12.1 Å². The molecule has 1 saturated heterocycles. The van der Waals surface area contributed by atoms with E-state index in [1.54, 1.807) is 12.1 Å². The predicted octanol–water partition coefficient (Wildman–Crippen LogP) is 3.24. The number of amides is 1. The molecule has 1 fully saturated rings. The second-order valence-electron chi connectivity index (χ2n) is 7.55. The van der Waals surface area contributed by atoms with Gasteiger partial charge in [-0.25, -0.2) is 8.42 Å². The molecular formula is C22H28N4O6S. The lowest BCUT2D eigenvalue weighted by Gasteiger charge is -2.21. The van der Waals surface area contributed by atoms with E-state index in [1.165, 1.54) is 16.4 Å². The predicted molar refractivity (Wildman–Crippen MR) is 125 cm³/mol. The monoisotopic (exact) mass is 476 g/mol. The number of hydrogen-bond donors (Lipinski definition) is 1. The summed E-state index contributed by atoms with van der Waals surface area (Å²) in [5.41, 5.74) is 1.10. The smallest absolute Gasteiger partial charge is 0.312 e. The van der Waals surface area contributed by atoms with Crippen LogP contribution in [0.5, 0.6) is 5.75 Å². The van der Waals surface area contributed by atoms with Crippen molar-refractivity contribution in [3.05, 3.63) is 52.6 Å². The number of hydrogen-bond acceptors (Lipinski definition) is 7. The molecule has 0 spiro atoms. The summed E-state index contributed by atoms with van der Waals surface area (Å²) in [5.74, 6) is -0.666. The minimum absolute atomic E-state index is 0.166. The largest absolute Gasteiger partial charge is 0.477 e. The van der Waals surface area contributed by atoms with Gasteiger partial charge in [-0.05, 0) is 63.1 Å². The molecule has 3 rings (SSSR count). The average molecular weight is 477 g/mol. The van der Waals surface area contributed by atoms with Crippen LogP contribution in [0.4, 0.5) is 17.1 Å². The molecule has 2 aromatic rings. The van der Waals surface area contributed by atoms with Crippen LogP contribution < -0.4 is 15.0 Å². The van der Waals surface area contributed by atoms with Gasteiger partial charge in [0.25, 0.3) is 5.91 Å². The van der Waals surface area contributed by atoms with Crippen molar-refractivity contribution in [2.45, 2.75) is 31.6 Å². The summed E-state index contributed by atoms with van der Waals surface area (Å²) in [6.07, 6.45) is 1.52. The molecule has 0 bridgehead atoms. The number of ether oxygens (including phenoxy) is 1. The van der Waals surface area contributed by atoms with Crippen LogP contribution in [0.3, 0.4) is 0 Å². The first kappa shape index (κ1) is 24.5. The first-order valence-corrected chi connectivity index (χ1v) is 12.3. The zero-order valence-electron chi connectivity index (χ0n) is 18.7. The van der Waals surface area contributed by atoms with E-state index in [4.69, 9.17) is 4.74 Å². The van der Waals surface area contributed by atoms with E-state index in [2.05, 4.69) is 24.1 Å². The lowest BCUT2D eigenvalue weighted by atomic mass is 10.2. The van der Waals surface area contributed by atoms with E-state index in [0.29, 0.717) is 18.8 Å². The molecule has 0 unspecified atom stereocenters. The molecule has 178 valence electrons. The Labute approximate surface area is 193 Å². The summed E-state index contributed by atoms with van der Waals surface area (Å²) in [5, 5.41) is 14.2. The van der Waals surface area contributed by atoms with Crippen LogP contribution >= 0.6 is 0 Å². The molecule has 1 heterocycles. The fraction of sp³-hybridized carbons (Fsp3) is 0.409. The molecule has 10 nitrogen and oxygen atoms in total. The summed E-state index contributed by atoms with van der Waals surface area (Å²) in [4.78, 5) is 25.1. The topological polar surface area (TPSA) is 122 Å². The summed E-state index contributed by atoms with van der Waals surface area (Å²) in [7, 11) is -3.81. The second kappa shape index (κ2) is 10.6. The molecule has 0 saturated carbocycles. The Hall–Kier alpha value is -3.18. The van der Waals surface area contributed by atoms with Crippen molar-refractivity contribution in [1.82, 2.24) is 4.31 Å². The van der Waals surface area contributed by atoms with Gasteiger partial charge in [-0.2, -0.15) is 4.31 Å². The maximum atomic E-state index is 12.7. The van der Waals surface area contributed by atoms with E-state index in [-0.39, 0.29) is 10.6 Å². The van der Waals surface area contributed by atoms with Crippen molar-refractivity contribution < 1.29 is 22.9 Å². The number of nitro groups is 1. The minimum atomic E-state index is -3.81. The maximum Gasteiger partial charge on any atom is 0.312 e. The van der Waals surface area contributed by atoms with Crippen LogP contribution in [0.2, 0.25) is 0 Å². The van der Waals surface area contributed by atoms with Gasteiger partial charge in [0, 0.05) is 43.6 Å². The van der Waals surface area contributed by atoms with Gasteiger partial charge >= 0.3 is 5.69 Å². The summed E-state index contributed by atoms with van der Waals surface area (Å²) >= 11 is 0. The highest BCUT2D eigenvalue weighted by Gasteiger charge is 2.30. The highest BCUT2D eigenvalue weighted by molar-refractivity contribution is 7.89. The lowest BCUT2D eigenvalue weighted by Crippen LogP contribution is -2.28. The van der Waals surface area contributed by atoms with Gasteiger partial charge < -0.3 is 15.0 Å². The lowest BCUT2D eigenvalue weighted by molar-refractivity contribution is -0.386. The third-order valence-corrected chi connectivity index (χ3v) is 7.36. The third kappa shape index (κ3) is 5.79. The standard InChI is InChI=1S/C22H28N4O6S/c1-3-24(4-2)18-9-7-17(8-10-18)23-22(27)16-32-21-12-11-19(15-20(21)26(28)29)33(30,31)25-13-5-6-14-25/h7-12,15H,3-6,13-14,16H2,1-2H3,(H,23,27). The molecule has 1 aliphatic heterocycles. The maximum absolute atomic E-state index is 12.7. The number of nitrogens with zero attached hydrogens (tertiary/aromatic N) is 3. The van der Waals surface area contributed by atoms with E-state index in [0.717, 1.165) is 37.7 Å². The molecule has 1 N–H and O–H groups in total.